The van der Waals surface area contributed by atoms with Gasteiger partial charge in [0.05, 0.1) is 17.6 Å². The molecule has 1 amide bonds. The first-order valence-corrected chi connectivity index (χ1v) is 7.81. The molecule has 2 N–H and O–H groups in total. The molecule has 2 saturated heterocycles. The highest BCUT2D eigenvalue weighted by molar-refractivity contribution is 5.83. The third kappa shape index (κ3) is 3.48. The first-order valence-electron chi connectivity index (χ1n) is 7.81. The Labute approximate surface area is 116 Å². The lowest BCUT2D eigenvalue weighted by Crippen LogP contribution is -2.54. The fraction of sp³-hybridized carbons (Fsp3) is 0.933. The SMILES string of the molecule is CCCC1(C(=O)NC(C)C2CCCO2)CCCNC1. The van der Waals surface area contributed by atoms with Crippen LogP contribution < -0.4 is 10.6 Å². The number of carbonyl (C=O) groups excluding carboxylic acids is 1. The molecular formula is C15H28N2O2. The maximum Gasteiger partial charge on any atom is 0.227 e. The standard InChI is InChI=1S/C15H28N2O2/c1-3-7-15(8-5-9-16-11-15)14(18)17-12(2)13-6-4-10-19-13/h12-13,16H,3-11H2,1-2H3,(H,17,18). The average molecular weight is 268 g/mol. The maximum absolute atomic E-state index is 12.7. The van der Waals surface area contributed by atoms with Gasteiger partial charge in [-0.25, -0.2) is 0 Å². The normalized spacial score (nSPS) is 33.1. The Hall–Kier alpha value is -0.610. The maximum atomic E-state index is 12.7. The monoisotopic (exact) mass is 268 g/mol. The van der Waals surface area contributed by atoms with E-state index in [4.69, 9.17) is 4.74 Å². The molecule has 110 valence electrons. The summed E-state index contributed by atoms with van der Waals surface area (Å²) in [6, 6.07) is 0.130. The number of hydrogen-bond donors (Lipinski definition) is 2. The smallest absolute Gasteiger partial charge is 0.227 e. The van der Waals surface area contributed by atoms with E-state index in [0.717, 1.165) is 58.2 Å². The predicted molar refractivity (Wildman–Crippen MR) is 76.0 cm³/mol. The number of amides is 1. The number of rotatable bonds is 5. The van der Waals surface area contributed by atoms with Crippen molar-refractivity contribution >= 4 is 5.91 Å². The number of nitrogens with one attached hydrogen (secondary N) is 2. The van der Waals surface area contributed by atoms with Crippen LogP contribution in [-0.4, -0.2) is 37.7 Å². The average Bonchev–Trinajstić information content (AvgIpc) is 2.94. The molecule has 3 unspecified atom stereocenters. The van der Waals surface area contributed by atoms with Crippen LogP contribution >= 0.6 is 0 Å². The summed E-state index contributed by atoms with van der Waals surface area (Å²) in [7, 11) is 0. The first kappa shape index (κ1) is 14.8. The minimum atomic E-state index is -0.195. The van der Waals surface area contributed by atoms with Crippen LogP contribution in [0.25, 0.3) is 0 Å². The second-order valence-corrected chi connectivity index (χ2v) is 6.12. The van der Waals surface area contributed by atoms with E-state index in [2.05, 4.69) is 24.5 Å². The van der Waals surface area contributed by atoms with E-state index in [9.17, 15) is 4.79 Å². The van der Waals surface area contributed by atoms with Crippen molar-refractivity contribution in [3.8, 4) is 0 Å². The number of piperidine rings is 1. The third-order valence-electron chi connectivity index (χ3n) is 4.56. The van der Waals surface area contributed by atoms with E-state index in [1.54, 1.807) is 0 Å². The molecule has 0 spiro atoms. The molecule has 0 aromatic heterocycles. The Morgan fingerprint density at radius 3 is 2.95 bits per heavy atom. The van der Waals surface area contributed by atoms with Crippen LogP contribution in [0.1, 0.15) is 52.4 Å². The molecule has 19 heavy (non-hydrogen) atoms. The van der Waals surface area contributed by atoms with Crippen LogP contribution in [0.5, 0.6) is 0 Å². The quantitative estimate of drug-likeness (QED) is 0.800. The lowest BCUT2D eigenvalue weighted by molar-refractivity contribution is -0.134. The Morgan fingerprint density at radius 1 is 1.53 bits per heavy atom. The molecule has 0 aliphatic carbocycles. The molecule has 2 heterocycles. The van der Waals surface area contributed by atoms with Gasteiger partial charge in [0.25, 0.3) is 0 Å². The summed E-state index contributed by atoms with van der Waals surface area (Å²) in [4.78, 5) is 12.7. The molecule has 0 bridgehead atoms. The summed E-state index contributed by atoms with van der Waals surface area (Å²) in [5, 5.41) is 6.61. The summed E-state index contributed by atoms with van der Waals surface area (Å²) in [6.45, 7) is 6.94. The van der Waals surface area contributed by atoms with E-state index in [1.165, 1.54) is 0 Å². The molecule has 3 atom stereocenters. The van der Waals surface area contributed by atoms with Crippen molar-refractivity contribution < 1.29 is 9.53 Å². The van der Waals surface area contributed by atoms with Crippen LogP contribution in [0.15, 0.2) is 0 Å². The highest BCUT2D eigenvalue weighted by Crippen LogP contribution is 2.32. The summed E-state index contributed by atoms with van der Waals surface area (Å²) in [5.41, 5.74) is -0.195. The molecule has 0 radical (unpaired) electrons. The van der Waals surface area contributed by atoms with Gasteiger partial charge in [-0.2, -0.15) is 0 Å². The van der Waals surface area contributed by atoms with Crippen LogP contribution in [0, 0.1) is 5.41 Å². The number of hydrogen-bond acceptors (Lipinski definition) is 3. The second kappa shape index (κ2) is 6.71. The Kier molecular flexibility index (Phi) is 5.22. The van der Waals surface area contributed by atoms with Crippen molar-refractivity contribution in [2.45, 2.75) is 64.5 Å². The number of carbonyl (C=O) groups is 1. The molecule has 0 aromatic carbocycles. The Balaban J connectivity index is 1.94. The molecule has 2 aliphatic heterocycles. The molecule has 0 aromatic rings. The lowest BCUT2D eigenvalue weighted by Gasteiger charge is -2.37. The zero-order chi connectivity index (χ0) is 13.7. The fourth-order valence-electron chi connectivity index (χ4n) is 3.42. The van der Waals surface area contributed by atoms with Gasteiger partial charge in [0.15, 0.2) is 0 Å². The lowest BCUT2D eigenvalue weighted by atomic mass is 9.76. The van der Waals surface area contributed by atoms with Gasteiger partial charge in [0, 0.05) is 13.2 Å². The van der Waals surface area contributed by atoms with Gasteiger partial charge in [0.1, 0.15) is 0 Å². The van der Waals surface area contributed by atoms with Gasteiger partial charge in [-0.3, -0.25) is 4.79 Å². The fourth-order valence-corrected chi connectivity index (χ4v) is 3.42. The highest BCUT2D eigenvalue weighted by Gasteiger charge is 2.39. The van der Waals surface area contributed by atoms with E-state index in [0.29, 0.717) is 0 Å². The van der Waals surface area contributed by atoms with Crippen LogP contribution in [0.2, 0.25) is 0 Å². The second-order valence-electron chi connectivity index (χ2n) is 6.12. The summed E-state index contributed by atoms with van der Waals surface area (Å²) >= 11 is 0. The van der Waals surface area contributed by atoms with Crippen LogP contribution in [0.4, 0.5) is 0 Å². The van der Waals surface area contributed by atoms with Crippen LogP contribution in [0.3, 0.4) is 0 Å². The van der Waals surface area contributed by atoms with E-state index < -0.39 is 0 Å². The van der Waals surface area contributed by atoms with E-state index >= 15 is 0 Å². The van der Waals surface area contributed by atoms with E-state index in [-0.39, 0.29) is 23.5 Å². The van der Waals surface area contributed by atoms with Crippen molar-refractivity contribution in [1.29, 1.82) is 0 Å². The van der Waals surface area contributed by atoms with Crippen molar-refractivity contribution in [2.24, 2.45) is 5.41 Å². The van der Waals surface area contributed by atoms with Gasteiger partial charge >= 0.3 is 0 Å². The minimum absolute atomic E-state index is 0.130. The van der Waals surface area contributed by atoms with Gasteiger partial charge in [-0.1, -0.05) is 13.3 Å². The van der Waals surface area contributed by atoms with Gasteiger partial charge in [-0.15, -0.1) is 0 Å². The van der Waals surface area contributed by atoms with Gasteiger partial charge < -0.3 is 15.4 Å². The molecule has 0 saturated carbocycles. The molecular weight excluding hydrogens is 240 g/mol. The topological polar surface area (TPSA) is 50.4 Å². The third-order valence-corrected chi connectivity index (χ3v) is 4.56. The number of ether oxygens (including phenoxy) is 1. The Morgan fingerprint density at radius 2 is 2.37 bits per heavy atom. The van der Waals surface area contributed by atoms with Crippen molar-refractivity contribution in [2.75, 3.05) is 19.7 Å². The molecule has 2 aliphatic rings. The largest absolute Gasteiger partial charge is 0.376 e. The van der Waals surface area contributed by atoms with Crippen molar-refractivity contribution in [3.05, 3.63) is 0 Å². The van der Waals surface area contributed by atoms with Gasteiger partial charge in [0.2, 0.25) is 5.91 Å². The van der Waals surface area contributed by atoms with E-state index in [1.807, 2.05) is 0 Å². The predicted octanol–water partition coefficient (Wildman–Crippen LogP) is 1.84. The summed E-state index contributed by atoms with van der Waals surface area (Å²) in [5.74, 6) is 0.226. The van der Waals surface area contributed by atoms with Crippen molar-refractivity contribution in [3.63, 3.8) is 0 Å². The first-order chi connectivity index (χ1) is 9.18. The van der Waals surface area contributed by atoms with Gasteiger partial charge in [-0.05, 0) is 45.6 Å². The highest BCUT2D eigenvalue weighted by atomic mass is 16.5. The van der Waals surface area contributed by atoms with Crippen LogP contribution in [-0.2, 0) is 9.53 Å². The van der Waals surface area contributed by atoms with Crippen molar-refractivity contribution in [1.82, 2.24) is 10.6 Å². The molecule has 2 rings (SSSR count). The summed E-state index contributed by atoms with van der Waals surface area (Å²) in [6.07, 6.45) is 6.54. The zero-order valence-electron chi connectivity index (χ0n) is 12.3. The molecule has 4 heteroatoms. The minimum Gasteiger partial charge on any atom is -0.376 e. The Bertz CT molecular complexity index is 289. The molecule has 4 nitrogen and oxygen atoms in total. The summed E-state index contributed by atoms with van der Waals surface area (Å²) < 4.78 is 5.67. The zero-order valence-corrected chi connectivity index (χ0v) is 12.3. The molecule has 2 fully saturated rings.